The molecular formula is C17H15FN2O5. The zero-order chi connectivity index (χ0) is 18.6. The lowest BCUT2D eigenvalue weighted by molar-refractivity contribution is -0.384. The van der Waals surface area contributed by atoms with Crippen LogP contribution in [0.25, 0.3) is 0 Å². The summed E-state index contributed by atoms with van der Waals surface area (Å²) in [6.45, 7) is 1.39. The average molecular weight is 346 g/mol. The van der Waals surface area contributed by atoms with E-state index in [0.29, 0.717) is 16.9 Å². The fourth-order valence-electron chi connectivity index (χ4n) is 2.23. The molecule has 0 aliphatic heterocycles. The number of nitro benzene ring substituents is 1. The van der Waals surface area contributed by atoms with Gasteiger partial charge in [0, 0.05) is 23.3 Å². The summed E-state index contributed by atoms with van der Waals surface area (Å²) in [5, 5.41) is 13.0. The minimum atomic E-state index is -0.789. The number of halogens is 1. The van der Waals surface area contributed by atoms with Crippen molar-refractivity contribution >= 4 is 23.1 Å². The van der Waals surface area contributed by atoms with Crippen LogP contribution < -0.4 is 10.1 Å². The van der Waals surface area contributed by atoms with Crippen molar-refractivity contribution in [2.75, 3.05) is 12.4 Å². The summed E-state index contributed by atoms with van der Waals surface area (Å²) >= 11 is 0. The van der Waals surface area contributed by atoms with Crippen molar-refractivity contribution in [2.45, 2.75) is 13.3 Å². The number of nitro groups is 1. The molecule has 8 heteroatoms. The molecule has 0 saturated heterocycles. The fraction of sp³-hybridized carbons (Fsp3) is 0.176. The first-order valence-corrected chi connectivity index (χ1v) is 7.23. The Hall–Kier alpha value is -3.29. The Balaban J connectivity index is 2.23. The molecule has 0 atom stereocenters. The first-order chi connectivity index (χ1) is 11.8. The average Bonchev–Trinajstić information content (AvgIpc) is 2.56. The first kappa shape index (κ1) is 18.1. The van der Waals surface area contributed by atoms with Crippen LogP contribution in [0.5, 0.6) is 5.75 Å². The van der Waals surface area contributed by atoms with Crippen LogP contribution >= 0.6 is 0 Å². The van der Waals surface area contributed by atoms with E-state index in [0.717, 1.165) is 18.2 Å². The molecule has 0 fully saturated rings. The van der Waals surface area contributed by atoms with E-state index >= 15 is 0 Å². The Morgan fingerprint density at radius 2 is 1.96 bits per heavy atom. The lowest BCUT2D eigenvalue weighted by Crippen LogP contribution is -2.16. The molecule has 0 heterocycles. The number of hydrogen-bond acceptors (Lipinski definition) is 5. The van der Waals surface area contributed by atoms with Gasteiger partial charge < -0.3 is 10.1 Å². The van der Waals surface area contributed by atoms with Crippen molar-refractivity contribution in [2.24, 2.45) is 0 Å². The SMILES string of the molecule is COc1ccc(C(C)=O)cc1CC(=O)Nc1cc([N+](=O)[O-])ccc1F. The molecule has 0 bridgehead atoms. The molecule has 25 heavy (non-hydrogen) atoms. The highest BCUT2D eigenvalue weighted by Gasteiger charge is 2.15. The van der Waals surface area contributed by atoms with Gasteiger partial charge in [-0.25, -0.2) is 4.39 Å². The topological polar surface area (TPSA) is 98.5 Å². The van der Waals surface area contributed by atoms with Crippen LogP contribution in [0.15, 0.2) is 36.4 Å². The number of nitrogens with zero attached hydrogens (tertiary/aromatic N) is 1. The van der Waals surface area contributed by atoms with Gasteiger partial charge in [-0.15, -0.1) is 0 Å². The number of ketones is 1. The Morgan fingerprint density at radius 1 is 1.24 bits per heavy atom. The zero-order valence-electron chi connectivity index (χ0n) is 13.5. The summed E-state index contributed by atoms with van der Waals surface area (Å²) in [7, 11) is 1.42. The minimum absolute atomic E-state index is 0.172. The third kappa shape index (κ3) is 4.37. The molecule has 0 unspecified atom stereocenters. The van der Waals surface area contributed by atoms with E-state index in [2.05, 4.69) is 5.32 Å². The maximum absolute atomic E-state index is 13.7. The number of anilines is 1. The molecule has 2 aromatic rings. The Bertz CT molecular complexity index is 851. The number of benzene rings is 2. The van der Waals surface area contributed by atoms with Gasteiger partial charge in [-0.05, 0) is 31.2 Å². The highest BCUT2D eigenvalue weighted by molar-refractivity contribution is 5.96. The third-order valence-corrected chi connectivity index (χ3v) is 3.47. The Labute approximate surface area is 142 Å². The van der Waals surface area contributed by atoms with Gasteiger partial charge in [0.15, 0.2) is 5.78 Å². The molecule has 1 N–H and O–H groups in total. The standard InChI is InChI=1S/C17H15FN2O5/c1-10(21)11-3-6-16(25-2)12(7-11)8-17(22)19-15-9-13(20(23)24)4-5-14(15)18/h3-7,9H,8H2,1-2H3,(H,19,22). The predicted octanol–water partition coefficient (Wildman–Crippen LogP) is 3.13. The van der Waals surface area contributed by atoms with E-state index in [1.165, 1.54) is 20.1 Å². The molecular weight excluding hydrogens is 331 g/mol. The van der Waals surface area contributed by atoms with Crippen molar-refractivity contribution in [3.05, 3.63) is 63.5 Å². The maximum Gasteiger partial charge on any atom is 0.271 e. The zero-order valence-corrected chi connectivity index (χ0v) is 13.5. The summed E-state index contributed by atoms with van der Waals surface area (Å²) in [5.74, 6) is -1.16. The van der Waals surface area contributed by atoms with Gasteiger partial charge in [-0.2, -0.15) is 0 Å². The number of rotatable bonds is 6. The van der Waals surface area contributed by atoms with Crippen molar-refractivity contribution in [1.82, 2.24) is 0 Å². The number of carbonyl (C=O) groups excluding carboxylic acids is 2. The van der Waals surface area contributed by atoms with Crippen LogP contribution in [-0.2, 0) is 11.2 Å². The molecule has 0 radical (unpaired) electrons. The fourth-order valence-corrected chi connectivity index (χ4v) is 2.23. The monoisotopic (exact) mass is 346 g/mol. The molecule has 0 saturated carbocycles. The Morgan fingerprint density at radius 3 is 2.56 bits per heavy atom. The molecule has 0 aromatic heterocycles. The highest BCUT2D eigenvalue weighted by Crippen LogP contribution is 2.24. The largest absolute Gasteiger partial charge is 0.496 e. The molecule has 2 rings (SSSR count). The van der Waals surface area contributed by atoms with E-state index < -0.39 is 16.6 Å². The van der Waals surface area contributed by atoms with Crippen molar-refractivity contribution in [1.29, 1.82) is 0 Å². The van der Waals surface area contributed by atoms with Crippen LogP contribution in [0.4, 0.5) is 15.8 Å². The number of non-ortho nitro benzene ring substituents is 1. The maximum atomic E-state index is 13.7. The van der Waals surface area contributed by atoms with Gasteiger partial charge in [-0.1, -0.05) is 0 Å². The second-order valence-electron chi connectivity index (χ2n) is 5.23. The third-order valence-electron chi connectivity index (χ3n) is 3.47. The molecule has 7 nitrogen and oxygen atoms in total. The van der Waals surface area contributed by atoms with Gasteiger partial charge in [-0.3, -0.25) is 19.7 Å². The second-order valence-corrected chi connectivity index (χ2v) is 5.23. The summed E-state index contributed by atoms with van der Waals surface area (Å²) in [6, 6.07) is 7.51. The summed E-state index contributed by atoms with van der Waals surface area (Å²) in [5.41, 5.74) is 0.220. The molecule has 130 valence electrons. The molecule has 2 aromatic carbocycles. The number of hydrogen-bond donors (Lipinski definition) is 1. The van der Waals surface area contributed by atoms with Crippen LogP contribution in [-0.4, -0.2) is 23.7 Å². The van der Waals surface area contributed by atoms with E-state index in [1.54, 1.807) is 12.1 Å². The van der Waals surface area contributed by atoms with Crippen LogP contribution in [0.2, 0.25) is 0 Å². The van der Waals surface area contributed by atoms with Gasteiger partial charge in [0.25, 0.3) is 5.69 Å². The number of amides is 1. The molecule has 0 aliphatic carbocycles. The number of methoxy groups -OCH3 is 1. The van der Waals surface area contributed by atoms with Crippen molar-refractivity contribution in [3.8, 4) is 5.75 Å². The summed E-state index contributed by atoms with van der Waals surface area (Å²) < 4.78 is 18.9. The van der Waals surface area contributed by atoms with Crippen LogP contribution in [0.3, 0.4) is 0 Å². The number of carbonyl (C=O) groups is 2. The number of nitrogens with one attached hydrogen (secondary N) is 1. The molecule has 1 amide bonds. The van der Waals surface area contributed by atoms with E-state index in [1.807, 2.05) is 0 Å². The van der Waals surface area contributed by atoms with Gasteiger partial charge in [0.2, 0.25) is 5.91 Å². The van der Waals surface area contributed by atoms with Crippen molar-refractivity contribution < 1.29 is 23.6 Å². The normalized spacial score (nSPS) is 10.2. The lowest BCUT2D eigenvalue weighted by atomic mass is 10.0. The highest BCUT2D eigenvalue weighted by atomic mass is 19.1. The lowest BCUT2D eigenvalue weighted by Gasteiger charge is -2.11. The smallest absolute Gasteiger partial charge is 0.271 e. The van der Waals surface area contributed by atoms with Crippen molar-refractivity contribution in [3.63, 3.8) is 0 Å². The first-order valence-electron chi connectivity index (χ1n) is 7.23. The molecule has 0 spiro atoms. The molecule has 0 aliphatic rings. The summed E-state index contributed by atoms with van der Waals surface area (Å²) in [6.07, 6.45) is -0.188. The predicted molar refractivity (Wildman–Crippen MR) is 88.4 cm³/mol. The second kappa shape index (κ2) is 7.52. The van der Waals surface area contributed by atoms with Gasteiger partial charge in [0.1, 0.15) is 11.6 Å². The number of ether oxygens (including phenoxy) is 1. The Kier molecular flexibility index (Phi) is 5.43. The summed E-state index contributed by atoms with van der Waals surface area (Å²) in [4.78, 5) is 33.7. The van der Waals surface area contributed by atoms with E-state index in [9.17, 15) is 24.1 Å². The van der Waals surface area contributed by atoms with Crippen LogP contribution in [0.1, 0.15) is 22.8 Å². The number of Topliss-reactive ketones (excluding diaryl/α,β-unsaturated/α-hetero) is 1. The van der Waals surface area contributed by atoms with Gasteiger partial charge in [0.05, 0.1) is 24.1 Å². The minimum Gasteiger partial charge on any atom is -0.496 e. The van der Waals surface area contributed by atoms with E-state index in [-0.39, 0.29) is 23.6 Å². The quantitative estimate of drug-likeness (QED) is 0.492. The van der Waals surface area contributed by atoms with Crippen LogP contribution in [0, 0.1) is 15.9 Å². The van der Waals surface area contributed by atoms with E-state index in [4.69, 9.17) is 4.74 Å². The van der Waals surface area contributed by atoms with Gasteiger partial charge >= 0.3 is 0 Å².